The Labute approximate surface area is 135 Å². The molecule has 0 aliphatic carbocycles. The van der Waals surface area contributed by atoms with E-state index in [1.54, 1.807) is 12.2 Å². The third kappa shape index (κ3) is 3.88. The largest absolute Gasteiger partial charge is 0.414 e. The van der Waals surface area contributed by atoms with Crippen LogP contribution in [0.5, 0.6) is 0 Å². The average molecular weight is 342 g/mol. The molecule has 1 aliphatic rings. The zero-order valence-electron chi connectivity index (χ0n) is 14.1. The molecule has 1 aromatic rings. The number of aromatic amines is 1. The first kappa shape index (κ1) is 17.8. The Hall–Kier alpha value is -1.51. The average Bonchev–Trinajstić information content (AvgIpc) is 2.88. The third-order valence-electron chi connectivity index (χ3n) is 4.42. The summed E-state index contributed by atoms with van der Waals surface area (Å²) in [7, 11) is -1.89. The van der Waals surface area contributed by atoms with Gasteiger partial charge in [0, 0.05) is 0 Å². The fraction of sp³-hybridized carbons (Fsp3) is 0.600. The van der Waals surface area contributed by atoms with Crippen molar-refractivity contribution in [2.75, 3.05) is 6.61 Å². The summed E-state index contributed by atoms with van der Waals surface area (Å²) >= 11 is 0. The Morgan fingerprint density at radius 1 is 1.35 bits per heavy atom. The summed E-state index contributed by atoms with van der Waals surface area (Å²) in [4.78, 5) is 24.7. The van der Waals surface area contributed by atoms with Crippen LogP contribution in [0.3, 0.4) is 0 Å². The van der Waals surface area contributed by atoms with E-state index >= 15 is 0 Å². The SMILES string of the molecule is CC(C)(C)[Si](C)(C)OC[C@@H]1C=C[C@H](n2cc(F)c(=O)[nH]c2=O)O1. The van der Waals surface area contributed by atoms with Crippen LogP contribution in [-0.2, 0) is 9.16 Å². The van der Waals surface area contributed by atoms with Gasteiger partial charge in [0.15, 0.2) is 14.5 Å². The van der Waals surface area contributed by atoms with Crippen LogP contribution < -0.4 is 11.2 Å². The van der Waals surface area contributed by atoms with Crippen molar-refractivity contribution in [1.82, 2.24) is 9.55 Å². The molecular formula is C15H23FN2O4Si. The zero-order chi connectivity index (χ0) is 17.4. The van der Waals surface area contributed by atoms with Crippen LogP contribution in [0, 0.1) is 5.82 Å². The maximum atomic E-state index is 13.3. The monoisotopic (exact) mass is 342 g/mol. The highest BCUT2D eigenvalue weighted by Gasteiger charge is 2.38. The van der Waals surface area contributed by atoms with Crippen molar-refractivity contribution < 1.29 is 13.6 Å². The summed E-state index contributed by atoms with van der Waals surface area (Å²) in [6.07, 6.45) is 3.23. The number of hydrogen-bond donors (Lipinski definition) is 1. The predicted octanol–water partition coefficient (Wildman–Crippen LogP) is 2.15. The van der Waals surface area contributed by atoms with Gasteiger partial charge in [0.1, 0.15) is 6.10 Å². The molecule has 2 atom stereocenters. The minimum atomic E-state index is -1.89. The molecule has 0 bridgehead atoms. The van der Waals surface area contributed by atoms with Gasteiger partial charge < -0.3 is 9.16 Å². The Morgan fingerprint density at radius 3 is 2.61 bits per heavy atom. The Bertz CT molecular complexity index is 717. The van der Waals surface area contributed by atoms with Crippen molar-refractivity contribution in [1.29, 1.82) is 0 Å². The van der Waals surface area contributed by atoms with Crippen LogP contribution in [0.4, 0.5) is 4.39 Å². The van der Waals surface area contributed by atoms with E-state index in [9.17, 15) is 14.0 Å². The lowest BCUT2D eigenvalue weighted by Crippen LogP contribution is -2.42. The second-order valence-electron chi connectivity index (χ2n) is 7.16. The predicted molar refractivity (Wildman–Crippen MR) is 87.5 cm³/mol. The topological polar surface area (TPSA) is 73.3 Å². The molecule has 0 fully saturated rings. The van der Waals surface area contributed by atoms with Crippen LogP contribution in [0.2, 0.25) is 18.1 Å². The van der Waals surface area contributed by atoms with Gasteiger partial charge in [0.25, 0.3) is 5.56 Å². The van der Waals surface area contributed by atoms with Gasteiger partial charge in [-0.2, -0.15) is 4.39 Å². The molecule has 0 saturated heterocycles. The van der Waals surface area contributed by atoms with E-state index in [1.807, 2.05) is 4.98 Å². The van der Waals surface area contributed by atoms with Crippen molar-refractivity contribution in [3.8, 4) is 0 Å². The Kier molecular flexibility index (Phi) is 4.79. The molecule has 0 radical (unpaired) electrons. The standard InChI is InChI=1S/C15H23FN2O4Si/c1-15(2,3)23(4,5)21-9-10-6-7-12(22-10)18-8-11(16)13(19)17-14(18)20/h6-8,10,12H,9H2,1-5H3,(H,17,19,20)/t10-,12+/m0/s1. The minimum Gasteiger partial charge on any atom is -0.414 e. The molecule has 8 heteroatoms. The van der Waals surface area contributed by atoms with E-state index in [4.69, 9.17) is 9.16 Å². The van der Waals surface area contributed by atoms with Gasteiger partial charge in [-0.15, -0.1) is 0 Å². The molecule has 1 aliphatic heterocycles. The molecule has 2 rings (SSSR count). The van der Waals surface area contributed by atoms with E-state index < -0.39 is 31.6 Å². The molecule has 0 amide bonds. The number of aromatic nitrogens is 2. The van der Waals surface area contributed by atoms with Crippen molar-refractivity contribution in [2.24, 2.45) is 0 Å². The molecule has 2 heterocycles. The van der Waals surface area contributed by atoms with Crippen molar-refractivity contribution in [3.05, 3.63) is 45.0 Å². The highest BCUT2D eigenvalue weighted by atomic mass is 28.4. The molecule has 0 saturated carbocycles. The fourth-order valence-corrected chi connectivity index (χ4v) is 2.91. The lowest BCUT2D eigenvalue weighted by atomic mass is 10.2. The van der Waals surface area contributed by atoms with Crippen molar-refractivity contribution in [3.63, 3.8) is 0 Å². The summed E-state index contributed by atoms with van der Waals surface area (Å²) in [5.74, 6) is -1.03. The smallest absolute Gasteiger partial charge is 0.330 e. The maximum absolute atomic E-state index is 13.3. The first-order valence-electron chi connectivity index (χ1n) is 7.50. The normalized spacial score (nSPS) is 21.8. The number of rotatable bonds is 4. The van der Waals surface area contributed by atoms with Crippen LogP contribution in [0.1, 0.15) is 27.0 Å². The van der Waals surface area contributed by atoms with Crippen LogP contribution in [0.25, 0.3) is 0 Å². The molecule has 1 aromatic heterocycles. The molecule has 6 nitrogen and oxygen atoms in total. The number of hydrogen-bond acceptors (Lipinski definition) is 4. The number of nitrogens with zero attached hydrogens (tertiary/aromatic N) is 1. The molecule has 23 heavy (non-hydrogen) atoms. The summed E-state index contributed by atoms with van der Waals surface area (Å²) in [5.41, 5.74) is -1.75. The summed E-state index contributed by atoms with van der Waals surface area (Å²) in [5, 5.41) is 0.0910. The number of halogens is 1. The van der Waals surface area contributed by atoms with Gasteiger partial charge in [-0.1, -0.05) is 26.8 Å². The Balaban J connectivity index is 2.03. The van der Waals surface area contributed by atoms with Gasteiger partial charge >= 0.3 is 5.69 Å². The first-order chi connectivity index (χ1) is 10.5. The van der Waals surface area contributed by atoms with E-state index in [1.165, 1.54) is 0 Å². The highest BCUT2D eigenvalue weighted by molar-refractivity contribution is 6.74. The second kappa shape index (κ2) is 6.18. The van der Waals surface area contributed by atoms with E-state index in [-0.39, 0.29) is 11.1 Å². The molecular weight excluding hydrogens is 319 g/mol. The quantitative estimate of drug-likeness (QED) is 0.672. The van der Waals surface area contributed by atoms with Gasteiger partial charge in [-0.3, -0.25) is 14.3 Å². The van der Waals surface area contributed by atoms with Crippen molar-refractivity contribution >= 4 is 8.32 Å². The second-order valence-corrected chi connectivity index (χ2v) is 12.0. The van der Waals surface area contributed by atoms with Crippen LogP contribution in [-0.4, -0.2) is 30.6 Å². The lowest BCUT2D eigenvalue weighted by molar-refractivity contribution is -0.00827. The van der Waals surface area contributed by atoms with E-state index in [0.29, 0.717) is 6.61 Å². The first-order valence-corrected chi connectivity index (χ1v) is 10.4. The molecule has 0 unspecified atom stereocenters. The molecule has 1 N–H and O–H groups in total. The summed E-state index contributed by atoms with van der Waals surface area (Å²) in [6.45, 7) is 11.1. The van der Waals surface area contributed by atoms with Gasteiger partial charge in [0.2, 0.25) is 5.82 Å². The number of ether oxygens (including phenoxy) is 1. The fourth-order valence-electron chi connectivity index (χ4n) is 1.90. The highest BCUT2D eigenvalue weighted by Crippen LogP contribution is 2.37. The van der Waals surface area contributed by atoms with Gasteiger partial charge in [-0.05, 0) is 24.2 Å². The van der Waals surface area contributed by atoms with Gasteiger partial charge in [0.05, 0.1) is 12.8 Å². The van der Waals surface area contributed by atoms with Crippen LogP contribution in [0.15, 0.2) is 27.9 Å². The summed E-state index contributed by atoms with van der Waals surface area (Å²) < 4.78 is 26.1. The zero-order valence-corrected chi connectivity index (χ0v) is 15.1. The van der Waals surface area contributed by atoms with Crippen LogP contribution >= 0.6 is 0 Å². The van der Waals surface area contributed by atoms with E-state index in [2.05, 4.69) is 33.9 Å². The molecule has 0 spiro atoms. The number of H-pyrrole nitrogens is 1. The lowest BCUT2D eigenvalue weighted by Gasteiger charge is -2.36. The van der Waals surface area contributed by atoms with Gasteiger partial charge in [-0.25, -0.2) is 4.79 Å². The number of nitrogens with one attached hydrogen (secondary N) is 1. The minimum absolute atomic E-state index is 0.0910. The molecule has 0 aromatic carbocycles. The summed E-state index contributed by atoms with van der Waals surface area (Å²) in [6, 6.07) is 0. The Morgan fingerprint density at radius 2 is 2.00 bits per heavy atom. The third-order valence-corrected chi connectivity index (χ3v) is 8.92. The van der Waals surface area contributed by atoms with Crippen molar-refractivity contribution in [2.45, 2.75) is 51.2 Å². The van der Waals surface area contributed by atoms with E-state index in [0.717, 1.165) is 10.8 Å². The maximum Gasteiger partial charge on any atom is 0.330 e. The molecule has 128 valence electrons.